The van der Waals surface area contributed by atoms with E-state index in [0.29, 0.717) is 22.6 Å². The molecule has 0 fully saturated rings. The Labute approximate surface area is 229 Å². The topological polar surface area (TPSA) is 95.5 Å². The lowest BCUT2D eigenvalue weighted by atomic mass is 10.2. The largest absolute Gasteiger partial charge is 0.452 e. The third kappa shape index (κ3) is 4.33. The Kier molecular flexibility index (Phi) is 6.23. The molecule has 0 aliphatic rings. The summed E-state index contributed by atoms with van der Waals surface area (Å²) >= 11 is 1.46. The summed E-state index contributed by atoms with van der Waals surface area (Å²) in [7, 11) is 1.61. The van der Waals surface area contributed by atoms with E-state index in [0.717, 1.165) is 16.6 Å². The quantitative estimate of drug-likeness (QED) is 0.288. The van der Waals surface area contributed by atoms with Gasteiger partial charge in [0.2, 0.25) is 0 Å². The van der Waals surface area contributed by atoms with E-state index in [2.05, 4.69) is 15.4 Å². The van der Waals surface area contributed by atoms with Crippen LogP contribution in [0.5, 0.6) is 11.5 Å². The zero-order valence-electron chi connectivity index (χ0n) is 21.1. The molecule has 4 aromatic heterocycles. The number of hydrogen-bond acceptors (Lipinski definition) is 6. The summed E-state index contributed by atoms with van der Waals surface area (Å²) in [5.41, 5.74) is 1.64. The number of carbonyl (C=O) groups excluding carboxylic acids is 1. The molecular weight excluding hydrogens is 538 g/mol. The molecule has 12 heteroatoms. The van der Waals surface area contributed by atoms with Gasteiger partial charge >= 0.3 is 0 Å². The minimum absolute atomic E-state index is 0.0630. The zero-order chi connectivity index (χ0) is 28.0. The second kappa shape index (κ2) is 9.89. The maximum absolute atomic E-state index is 15.2. The van der Waals surface area contributed by atoms with Crippen molar-refractivity contribution in [1.82, 2.24) is 24.0 Å². The van der Waals surface area contributed by atoms with Crippen LogP contribution in [0.2, 0.25) is 0 Å². The van der Waals surface area contributed by atoms with Gasteiger partial charge in [-0.1, -0.05) is 0 Å². The Hall–Kier alpha value is -5.10. The van der Waals surface area contributed by atoms with E-state index in [-0.39, 0.29) is 17.0 Å². The van der Waals surface area contributed by atoms with Gasteiger partial charge in [-0.2, -0.15) is 5.10 Å². The van der Waals surface area contributed by atoms with Gasteiger partial charge in [0, 0.05) is 48.2 Å². The van der Waals surface area contributed by atoms with Gasteiger partial charge in [0.1, 0.15) is 21.9 Å². The van der Waals surface area contributed by atoms with Gasteiger partial charge in [-0.25, -0.2) is 23.0 Å². The first-order valence-electron chi connectivity index (χ1n) is 12.0. The van der Waals surface area contributed by atoms with E-state index in [9.17, 15) is 14.0 Å². The number of hydrogen-bond donors (Lipinski definition) is 1. The molecular formula is C28H20F2N6O3S. The fraction of sp³-hybridized carbons (Fsp3) is 0.0714. The van der Waals surface area contributed by atoms with Crippen LogP contribution in [0.15, 0.2) is 83.4 Å². The van der Waals surface area contributed by atoms with Gasteiger partial charge in [-0.15, -0.1) is 11.3 Å². The second-order valence-electron chi connectivity index (χ2n) is 8.83. The average molecular weight is 559 g/mol. The monoisotopic (exact) mass is 558 g/mol. The lowest BCUT2D eigenvalue weighted by molar-refractivity contribution is 0.102. The van der Waals surface area contributed by atoms with Crippen molar-refractivity contribution < 1.29 is 18.3 Å². The minimum atomic E-state index is -0.719. The van der Waals surface area contributed by atoms with E-state index in [1.807, 2.05) is 11.4 Å². The lowest BCUT2D eigenvalue weighted by Gasteiger charge is -2.11. The third-order valence-electron chi connectivity index (χ3n) is 6.44. The molecule has 0 bridgehead atoms. The molecule has 200 valence electrons. The zero-order valence-corrected chi connectivity index (χ0v) is 21.9. The van der Waals surface area contributed by atoms with Crippen LogP contribution >= 0.6 is 11.3 Å². The molecule has 6 aromatic rings. The number of halogens is 2. The number of nitrogens with zero attached hydrogens (tertiary/aromatic N) is 5. The fourth-order valence-corrected chi connectivity index (χ4v) is 5.11. The minimum Gasteiger partial charge on any atom is -0.452 e. The first-order chi connectivity index (χ1) is 19.3. The van der Waals surface area contributed by atoms with Gasteiger partial charge < -0.3 is 10.1 Å². The van der Waals surface area contributed by atoms with Crippen LogP contribution in [-0.2, 0) is 7.05 Å². The van der Waals surface area contributed by atoms with Crippen LogP contribution in [0, 0.1) is 18.6 Å². The van der Waals surface area contributed by atoms with Gasteiger partial charge in [0.15, 0.2) is 17.3 Å². The number of thiazole rings is 1. The number of anilines is 1. The number of benzene rings is 2. The maximum atomic E-state index is 15.2. The molecule has 1 N–H and O–H groups in total. The van der Waals surface area contributed by atoms with Crippen molar-refractivity contribution in [1.29, 1.82) is 0 Å². The van der Waals surface area contributed by atoms with Crippen LogP contribution in [-0.4, -0.2) is 29.9 Å². The van der Waals surface area contributed by atoms with Gasteiger partial charge in [-0.3, -0.25) is 14.3 Å². The number of amides is 1. The smallest absolute Gasteiger partial charge is 0.284 e. The Balaban J connectivity index is 1.27. The summed E-state index contributed by atoms with van der Waals surface area (Å²) in [5, 5.41) is 9.50. The van der Waals surface area contributed by atoms with Crippen molar-refractivity contribution in [2.45, 2.75) is 6.92 Å². The highest BCUT2D eigenvalue weighted by molar-refractivity contribution is 7.13. The normalized spacial score (nSPS) is 11.2. The van der Waals surface area contributed by atoms with Crippen LogP contribution in [0.1, 0.15) is 16.1 Å². The van der Waals surface area contributed by atoms with Gasteiger partial charge in [0.05, 0.1) is 17.6 Å². The van der Waals surface area contributed by atoms with Crippen LogP contribution in [0.4, 0.5) is 14.5 Å². The molecule has 0 saturated heterocycles. The summed E-state index contributed by atoms with van der Waals surface area (Å²) in [6, 6.07) is 12.8. The van der Waals surface area contributed by atoms with Crippen molar-refractivity contribution in [2.24, 2.45) is 7.05 Å². The summed E-state index contributed by atoms with van der Waals surface area (Å²) < 4.78 is 38.8. The highest BCUT2D eigenvalue weighted by Crippen LogP contribution is 2.36. The van der Waals surface area contributed by atoms with Crippen LogP contribution in [0.3, 0.4) is 0 Å². The number of aromatic nitrogens is 5. The van der Waals surface area contributed by atoms with Crippen molar-refractivity contribution >= 4 is 28.4 Å². The Morgan fingerprint density at radius 1 is 1.02 bits per heavy atom. The first kappa shape index (κ1) is 25.2. The third-order valence-corrected chi connectivity index (χ3v) is 7.25. The highest BCUT2D eigenvalue weighted by Gasteiger charge is 2.23. The SMILES string of the molecule is Cc1c(C(=O)Nc2ccc(Oc3ccnn4ccc(-c5nccs5)c34)c(F)c2)c(=O)n(-c2ccc(F)cc2)n1C. The summed E-state index contributed by atoms with van der Waals surface area (Å²) in [6.45, 7) is 1.62. The van der Waals surface area contributed by atoms with Gasteiger partial charge in [0.25, 0.3) is 11.5 Å². The molecule has 0 aliphatic carbocycles. The molecule has 9 nitrogen and oxygen atoms in total. The molecule has 0 unspecified atom stereocenters. The predicted octanol–water partition coefficient (Wildman–Crippen LogP) is 5.58. The number of carbonyl (C=O) groups is 1. The molecule has 4 heterocycles. The van der Waals surface area contributed by atoms with E-state index in [4.69, 9.17) is 4.74 Å². The van der Waals surface area contributed by atoms with E-state index < -0.39 is 23.1 Å². The van der Waals surface area contributed by atoms with Crippen LogP contribution in [0.25, 0.3) is 21.8 Å². The summed E-state index contributed by atoms with van der Waals surface area (Å²) in [4.78, 5) is 30.6. The van der Waals surface area contributed by atoms with Crippen LogP contribution < -0.4 is 15.6 Å². The highest BCUT2D eigenvalue weighted by atomic mass is 32.1. The Bertz CT molecular complexity index is 1940. The molecule has 0 atom stereocenters. The Morgan fingerprint density at radius 3 is 2.55 bits per heavy atom. The second-order valence-corrected chi connectivity index (χ2v) is 9.73. The fourth-order valence-electron chi connectivity index (χ4n) is 4.44. The summed E-state index contributed by atoms with van der Waals surface area (Å²) in [6.07, 6.45) is 5.01. The molecule has 40 heavy (non-hydrogen) atoms. The van der Waals surface area contributed by atoms with Crippen molar-refractivity contribution in [3.63, 3.8) is 0 Å². The standard InChI is InChI=1S/C28H20F2N6O3S/c1-16-24(28(38)36(34(16)2)19-6-3-17(29)4-7-19)26(37)33-18-5-8-22(21(30)15-18)39-23-9-11-32-35-13-10-20(25(23)35)27-31-12-14-40-27/h3-15H,1-2H3,(H,33,37). The van der Waals surface area contributed by atoms with E-state index in [1.54, 1.807) is 43.1 Å². The number of rotatable bonds is 6. The molecule has 0 radical (unpaired) electrons. The number of ether oxygens (including phenoxy) is 1. The molecule has 0 aliphatic heterocycles. The molecule has 6 rings (SSSR count). The van der Waals surface area contributed by atoms with E-state index in [1.165, 1.54) is 57.1 Å². The number of nitrogens with one attached hydrogen (secondary N) is 1. The maximum Gasteiger partial charge on any atom is 0.284 e. The predicted molar refractivity (Wildman–Crippen MR) is 146 cm³/mol. The molecule has 1 amide bonds. The van der Waals surface area contributed by atoms with Gasteiger partial charge in [-0.05, 0) is 49.4 Å². The van der Waals surface area contributed by atoms with Crippen molar-refractivity contribution in [3.05, 3.63) is 112 Å². The number of fused-ring (bicyclic) bond motifs is 1. The first-order valence-corrected chi connectivity index (χ1v) is 12.9. The molecule has 0 spiro atoms. The van der Waals surface area contributed by atoms with E-state index >= 15 is 4.39 Å². The van der Waals surface area contributed by atoms with Crippen molar-refractivity contribution in [3.8, 4) is 27.8 Å². The lowest BCUT2D eigenvalue weighted by Crippen LogP contribution is -2.25. The molecule has 2 aromatic carbocycles. The average Bonchev–Trinajstić information content (AvgIpc) is 3.66. The van der Waals surface area contributed by atoms with Crippen molar-refractivity contribution in [2.75, 3.05) is 5.32 Å². The molecule has 0 saturated carbocycles. The summed E-state index contributed by atoms with van der Waals surface area (Å²) in [5.74, 6) is -1.56. The Morgan fingerprint density at radius 2 is 1.82 bits per heavy atom.